The van der Waals surface area contributed by atoms with Gasteiger partial charge in [0.15, 0.2) is 0 Å². The Morgan fingerprint density at radius 1 is 1.30 bits per heavy atom. The first-order valence-electron chi connectivity index (χ1n) is 8.16. The Hall–Kier alpha value is -1.92. The molecule has 6 heteroatoms. The second kappa shape index (κ2) is 7.10. The Kier molecular flexibility index (Phi) is 4.93. The summed E-state index contributed by atoms with van der Waals surface area (Å²) in [5, 5.41) is 8.19. The summed E-state index contributed by atoms with van der Waals surface area (Å²) in [6.07, 6.45) is 1.84. The molecule has 0 unspecified atom stereocenters. The number of aryl methyl sites for hydroxylation is 2. The summed E-state index contributed by atoms with van der Waals surface area (Å²) in [4.78, 5) is 6.79. The van der Waals surface area contributed by atoms with E-state index in [1.165, 1.54) is 11.4 Å². The summed E-state index contributed by atoms with van der Waals surface area (Å²) >= 11 is 0. The fraction of sp³-hybridized carbons (Fsp3) is 0.529. The van der Waals surface area contributed by atoms with Gasteiger partial charge >= 0.3 is 0 Å². The van der Waals surface area contributed by atoms with Gasteiger partial charge in [-0.15, -0.1) is 0 Å². The predicted molar refractivity (Wildman–Crippen MR) is 90.5 cm³/mol. The molecule has 1 saturated heterocycles. The predicted octanol–water partition coefficient (Wildman–Crippen LogP) is 1.81. The highest BCUT2D eigenvalue weighted by Gasteiger charge is 2.21. The lowest BCUT2D eigenvalue weighted by Gasteiger charge is -2.29. The summed E-state index contributed by atoms with van der Waals surface area (Å²) in [6, 6.07) is 6.22. The van der Waals surface area contributed by atoms with Crippen LogP contribution in [0.2, 0.25) is 0 Å². The van der Waals surface area contributed by atoms with Crippen LogP contribution in [0.5, 0.6) is 0 Å². The first-order valence-corrected chi connectivity index (χ1v) is 8.16. The van der Waals surface area contributed by atoms with Gasteiger partial charge < -0.3 is 15.0 Å². The third-order valence-electron chi connectivity index (χ3n) is 4.34. The van der Waals surface area contributed by atoms with Gasteiger partial charge in [0.2, 0.25) is 0 Å². The molecule has 0 aromatic carbocycles. The lowest BCUT2D eigenvalue weighted by atomic mass is 10.1. The molecular weight excluding hydrogens is 290 g/mol. The molecule has 0 spiro atoms. The number of pyridine rings is 1. The highest BCUT2D eigenvalue weighted by molar-refractivity contribution is 5.50. The number of hydrogen-bond acceptors (Lipinski definition) is 5. The topological polar surface area (TPSA) is 55.2 Å². The third-order valence-corrected chi connectivity index (χ3v) is 4.34. The summed E-state index contributed by atoms with van der Waals surface area (Å²) < 4.78 is 7.46. The van der Waals surface area contributed by atoms with Crippen LogP contribution in [0, 0.1) is 6.92 Å². The highest BCUT2D eigenvalue weighted by Crippen LogP contribution is 2.24. The second-order valence-electron chi connectivity index (χ2n) is 5.97. The molecule has 0 radical (unpaired) electrons. The Morgan fingerprint density at radius 3 is 2.78 bits per heavy atom. The van der Waals surface area contributed by atoms with E-state index < -0.39 is 0 Å². The van der Waals surface area contributed by atoms with Crippen molar-refractivity contribution in [2.75, 3.05) is 31.2 Å². The summed E-state index contributed by atoms with van der Waals surface area (Å²) in [5.74, 6) is 1.20. The molecule has 124 valence electrons. The zero-order valence-corrected chi connectivity index (χ0v) is 14.1. The van der Waals surface area contributed by atoms with E-state index in [1.54, 1.807) is 0 Å². The van der Waals surface area contributed by atoms with Crippen LogP contribution in [0.4, 0.5) is 5.82 Å². The molecule has 0 amide bonds. The molecule has 23 heavy (non-hydrogen) atoms. The molecule has 2 aromatic rings. The standard InChI is InChI=1S/C17H25N5O/c1-13-15(12-19-14(2)16-6-4-5-7-18-16)17(21(3)20-13)22-8-10-23-11-9-22/h4-7,14,19H,8-12H2,1-3H3/t14-/m1/s1. The average Bonchev–Trinajstić information content (AvgIpc) is 2.87. The van der Waals surface area contributed by atoms with E-state index in [4.69, 9.17) is 4.74 Å². The van der Waals surface area contributed by atoms with Crippen LogP contribution >= 0.6 is 0 Å². The molecule has 1 fully saturated rings. The van der Waals surface area contributed by atoms with Gasteiger partial charge in [-0.3, -0.25) is 9.67 Å². The van der Waals surface area contributed by atoms with E-state index in [0.717, 1.165) is 44.2 Å². The van der Waals surface area contributed by atoms with Crippen molar-refractivity contribution in [3.05, 3.63) is 41.3 Å². The zero-order valence-electron chi connectivity index (χ0n) is 14.1. The van der Waals surface area contributed by atoms with E-state index in [2.05, 4.69) is 40.2 Å². The second-order valence-corrected chi connectivity index (χ2v) is 5.97. The smallest absolute Gasteiger partial charge is 0.131 e. The van der Waals surface area contributed by atoms with Crippen molar-refractivity contribution in [3.8, 4) is 0 Å². The van der Waals surface area contributed by atoms with Crippen molar-refractivity contribution >= 4 is 5.82 Å². The number of nitrogens with zero attached hydrogens (tertiary/aromatic N) is 4. The molecule has 1 aliphatic rings. The summed E-state index contributed by atoms with van der Waals surface area (Å²) in [7, 11) is 2.02. The number of aromatic nitrogens is 3. The molecule has 0 bridgehead atoms. The fourth-order valence-electron chi connectivity index (χ4n) is 3.06. The van der Waals surface area contributed by atoms with Crippen molar-refractivity contribution in [1.29, 1.82) is 0 Å². The molecule has 1 N–H and O–H groups in total. The van der Waals surface area contributed by atoms with Gasteiger partial charge in [-0.1, -0.05) is 6.07 Å². The van der Waals surface area contributed by atoms with E-state index in [0.29, 0.717) is 0 Å². The third kappa shape index (κ3) is 3.54. The van der Waals surface area contributed by atoms with Crippen molar-refractivity contribution in [1.82, 2.24) is 20.1 Å². The van der Waals surface area contributed by atoms with Gasteiger partial charge in [-0.2, -0.15) is 5.10 Å². The summed E-state index contributed by atoms with van der Waals surface area (Å²) in [6.45, 7) is 8.39. The maximum Gasteiger partial charge on any atom is 0.131 e. The van der Waals surface area contributed by atoms with Crippen molar-refractivity contribution in [3.63, 3.8) is 0 Å². The monoisotopic (exact) mass is 315 g/mol. The number of rotatable bonds is 5. The molecule has 2 aromatic heterocycles. The van der Waals surface area contributed by atoms with Gasteiger partial charge in [0.05, 0.1) is 24.6 Å². The number of nitrogens with one attached hydrogen (secondary N) is 1. The van der Waals surface area contributed by atoms with Crippen LogP contribution in [0.3, 0.4) is 0 Å². The first kappa shape index (κ1) is 16.0. The van der Waals surface area contributed by atoms with E-state index in [1.807, 2.05) is 30.1 Å². The SMILES string of the molecule is Cc1nn(C)c(N2CCOCC2)c1CN[C@H](C)c1ccccn1. The molecule has 0 saturated carbocycles. The quantitative estimate of drug-likeness (QED) is 0.912. The number of hydrogen-bond donors (Lipinski definition) is 1. The van der Waals surface area contributed by atoms with Crippen molar-refractivity contribution < 1.29 is 4.74 Å². The Bertz CT molecular complexity index is 634. The lowest BCUT2D eigenvalue weighted by molar-refractivity contribution is 0.122. The Labute approximate surface area is 137 Å². The molecule has 3 rings (SSSR count). The minimum absolute atomic E-state index is 0.202. The highest BCUT2D eigenvalue weighted by atomic mass is 16.5. The maximum absolute atomic E-state index is 5.47. The average molecular weight is 315 g/mol. The largest absolute Gasteiger partial charge is 0.378 e. The number of anilines is 1. The van der Waals surface area contributed by atoms with E-state index in [-0.39, 0.29) is 6.04 Å². The van der Waals surface area contributed by atoms with E-state index >= 15 is 0 Å². The fourth-order valence-corrected chi connectivity index (χ4v) is 3.06. The molecule has 3 heterocycles. The van der Waals surface area contributed by atoms with Crippen LogP contribution in [0.25, 0.3) is 0 Å². The number of ether oxygens (including phenoxy) is 1. The Balaban J connectivity index is 1.74. The van der Waals surface area contributed by atoms with Crippen LogP contribution in [0.15, 0.2) is 24.4 Å². The lowest BCUT2D eigenvalue weighted by Crippen LogP contribution is -2.38. The molecule has 0 aliphatic carbocycles. The molecule has 1 aliphatic heterocycles. The van der Waals surface area contributed by atoms with Gasteiger partial charge in [-0.25, -0.2) is 0 Å². The molecular formula is C17H25N5O. The minimum atomic E-state index is 0.202. The van der Waals surface area contributed by atoms with Gasteiger partial charge in [0, 0.05) is 44.5 Å². The minimum Gasteiger partial charge on any atom is -0.378 e. The van der Waals surface area contributed by atoms with Crippen molar-refractivity contribution in [2.24, 2.45) is 7.05 Å². The summed E-state index contributed by atoms with van der Waals surface area (Å²) in [5.41, 5.74) is 3.40. The molecule has 6 nitrogen and oxygen atoms in total. The first-order chi connectivity index (χ1) is 11.2. The van der Waals surface area contributed by atoms with Crippen LogP contribution in [-0.2, 0) is 18.3 Å². The maximum atomic E-state index is 5.47. The van der Waals surface area contributed by atoms with Crippen LogP contribution in [0.1, 0.15) is 29.9 Å². The number of morpholine rings is 1. The van der Waals surface area contributed by atoms with Crippen molar-refractivity contribution in [2.45, 2.75) is 26.4 Å². The van der Waals surface area contributed by atoms with Gasteiger partial charge in [-0.05, 0) is 26.0 Å². The van der Waals surface area contributed by atoms with E-state index in [9.17, 15) is 0 Å². The van der Waals surface area contributed by atoms with Gasteiger partial charge in [0.1, 0.15) is 5.82 Å². The van der Waals surface area contributed by atoms with Crippen LogP contribution < -0.4 is 10.2 Å². The molecule has 1 atom stereocenters. The van der Waals surface area contributed by atoms with Gasteiger partial charge in [0.25, 0.3) is 0 Å². The normalized spacial score (nSPS) is 16.6. The van der Waals surface area contributed by atoms with Crippen LogP contribution in [-0.4, -0.2) is 41.1 Å². The Morgan fingerprint density at radius 2 is 2.09 bits per heavy atom. The zero-order chi connectivity index (χ0) is 16.2.